The highest BCUT2D eigenvalue weighted by atomic mass is 16.5. The normalized spacial score (nSPS) is 10.5. The van der Waals surface area contributed by atoms with E-state index in [0.29, 0.717) is 33.9 Å². The van der Waals surface area contributed by atoms with Gasteiger partial charge in [-0.3, -0.25) is 9.59 Å². The summed E-state index contributed by atoms with van der Waals surface area (Å²) in [6.45, 7) is 0. The molecule has 0 atom stereocenters. The number of anilines is 2. The number of fused-ring (bicyclic) bond motifs is 1. The van der Waals surface area contributed by atoms with E-state index in [2.05, 4.69) is 10.6 Å². The van der Waals surface area contributed by atoms with Gasteiger partial charge in [0.15, 0.2) is 0 Å². The van der Waals surface area contributed by atoms with Crippen molar-refractivity contribution in [1.82, 2.24) is 0 Å². The Labute approximate surface area is 190 Å². The van der Waals surface area contributed by atoms with Gasteiger partial charge in [-0.15, -0.1) is 0 Å². The van der Waals surface area contributed by atoms with Crippen LogP contribution in [-0.2, 0) is 0 Å². The maximum absolute atomic E-state index is 13.1. The number of carbonyl (C=O) groups excluding carboxylic acids is 2. The second-order valence-corrected chi connectivity index (χ2v) is 7.01. The summed E-state index contributed by atoms with van der Waals surface area (Å²) >= 11 is 0. The zero-order valence-corrected chi connectivity index (χ0v) is 18.3. The maximum Gasteiger partial charge on any atom is 0.293 e. The van der Waals surface area contributed by atoms with Gasteiger partial charge < -0.3 is 29.3 Å². The van der Waals surface area contributed by atoms with E-state index in [1.54, 1.807) is 73.8 Å². The van der Waals surface area contributed by atoms with Crippen LogP contribution >= 0.6 is 0 Å². The molecule has 0 radical (unpaired) electrons. The lowest BCUT2D eigenvalue weighted by atomic mass is 10.1. The molecule has 0 fully saturated rings. The van der Waals surface area contributed by atoms with Crippen LogP contribution in [-0.4, -0.2) is 33.1 Å². The van der Waals surface area contributed by atoms with Crippen LogP contribution in [0.5, 0.6) is 17.2 Å². The molecule has 2 N–H and O–H groups in total. The highest BCUT2D eigenvalue weighted by Gasteiger charge is 2.24. The molecule has 2 amide bonds. The van der Waals surface area contributed by atoms with Gasteiger partial charge >= 0.3 is 0 Å². The summed E-state index contributed by atoms with van der Waals surface area (Å²) in [5, 5.41) is 6.19. The summed E-state index contributed by atoms with van der Waals surface area (Å²) in [4.78, 5) is 26.2. The van der Waals surface area contributed by atoms with E-state index in [9.17, 15) is 9.59 Å². The van der Waals surface area contributed by atoms with Crippen molar-refractivity contribution in [2.24, 2.45) is 0 Å². The van der Waals surface area contributed by atoms with E-state index in [1.807, 2.05) is 0 Å². The van der Waals surface area contributed by atoms with Crippen molar-refractivity contribution in [3.05, 3.63) is 78.1 Å². The molecule has 4 rings (SSSR count). The van der Waals surface area contributed by atoms with E-state index in [0.717, 1.165) is 0 Å². The van der Waals surface area contributed by atoms with Crippen LogP contribution in [0.4, 0.5) is 11.4 Å². The summed E-state index contributed by atoms with van der Waals surface area (Å²) in [6, 6.07) is 18.8. The quantitative estimate of drug-likeness (QED) is 0.416. The lowest BCUT2D eigenvalue weighted by molar-refractivity contribution is 0.0999. The minimum absolute atomic E-state index is 0.0205. The Morgan fingerprint density at radius 3 is 2.15 bits per heavy atom. The lowest BCUT2D eigenvalue weighted by Crippen LogP contribution is -2.17. The second kappa shape index (κ2) is 9.35. The van der Waals surface area contributed by atoms with Crippen LogP contribution in [0.1, 0.15) is 20.9 Å². The van der Waals surface area contributed by atoms with Crippen molar-refractivity contribution in [3.63, 3.8) is 0 Å². The molecule has 0 spiro atoms. The summed E-state index contributed by atoms with van der Waals surface area (Å²) in [7, 11) is 4.56. The topological polar surface area (TPSA) is 99.0 Å². The van der Waals surface area contributed by atoms with Gasteiger partial charge in [0.25, 0.3) is 11.8 Å². The Morgan fingerprint density at radius 1 is 0.758 bits per heavy atom. The third-order valence-electron chi connectivity index (χ3n) is 5.04. The van der Waals surface area contributed by atoms with Gasteiger partial charge in [0, 0.05) is 17.1 Å². The number of furan rings is 1. The number of rotatable bonds is 7. The molecule has 1 heterocycles. The van der Waals surface area contributed by atoms with Crippen LogP contribution in [0.15, 0.2) is 71.1 Å². The third-order valence-corrected chi connectivity index (χ3v) is 5.04. The molecular formula is C25H22N2O6. The molecule has 168 valence electrons. The molecule has 0 aliphatic rings. The summed E-state index contributed by atoms with van der Waals surface area (Å²) < 4.78 is 21.5. The molecular weight excluding hydrogens is 424 g/mol. The Kier molecular flexibility index (Phi) is 6.17. The molecule has 0 bridgehead atoms. The minimum Gasteiger partial charge on any atom is -0.497 e. The van der Waals surface area contributed by atoms with E-state index in [-0.39, 0.29) is 17.0 Å². The molecule has 0 aliphatic carbocycles. The Bertz CT molecular complexity index is 1310. The van der Waals surface area contributed by atoms with Gasteiger partial charge in [-0.2, -0.15) is 0 Å². The van der Waals surface area contributed by atoms with Gasteiger partial charge in [0.1, 0.15) is 28.5 Å². The molecule has 0 saturated carbocycles. The predicted molar refractivity (Wildman–Crippen MR) is 125 cm³/mol. The summed E-state index contributed by atoms with van der Waals surface area (Å²) in [5.74, 6) is 0.569. The average molecular weight is 446 g/mol. The van der Waals surface area contributed by atoms with Crippen molar-refractivity contribution < 1.29 is 28.2 Å². The molecule has 4 aromatic rings. The van der Waals surface area contributed by atoms with Gasteiger partial charge in [0.05, 0.1) is 26.9 Å². The number of benzene rings is 3. The van der Waals surface area contributed by atoms with Crippen LogP contribution in [0.25, 0.3) is 11.0 Å². The standard InChI is InChI=1S/C25H22N2O6/c1-30-16-10-8-15(9-11-16)26-25(29)23-22(18-6-4-5-7-20(18)33-23)27-24(28)19-13-12-17(31-2)14-21(19)32-3/h4-14H,1-3H3,(H,26,29)(H,27,28). The average Bonchev–Trinajstić information content (AvgIpc) is 3.22. The Balaban J connectivity index is 1.68. The van der Waals surface area contributed by atoms with Crippen LogP contribution in [0.3, 0.4) is 0 Å². The first-order chi connectivity index (χ1) is 16.0. The Morgan fingerprint density at radius 2 is 1.45 bits per heavy atom. The molecule has 3 aromatic carbocycles. The summed E-state index contributed by atoms with van der Waals surface area (Å²) in [5.41, 5.74) is 1.56. The zero-order valence-electron chi connectivity index (χ0n) is 18.3. The van der Waals surface area contributed by atoms with E-state index in [4.69, 9.17) is 18.6 Å². The predicted octanol–water partition coefficient (Wildman–Crippen LogP) is 4.96. The monoisotopic (exact) mass is 446 g/mol. The molecule has 0 unspecified atom stereocenters. The van der Waals surface area contributed by atoms with Crippen molar-refractivity contribution >= 4 is 34.2 Å². The van der Waals surface area contributed by atoms with Crippen molar-refractivity contribution in [2.45, 2.75) is 0 Å². The first kappa shape index (κ1) is 21.8. The molecule has 8 heteroatoms. The zero-order chi connectivity index (χ0) is 23.4. The maximum atomic E-state index is 13.1. The number of hydrogen-bond acceptors (Lipinski definition) is 6. The first-order valence-electron chi connectivity index (χ1n) is 10.0. The second-order valence-electron chi connectivity index (χ2n) is 7.01. The highest BCUT2D eigenvalue weighted by molar-refractivity contribution is 6.17. The third kappa shape index (κ3) is 4.45. The van der Waals surface area contributed by atoms with Gasteiger partial charge in [-0.1, -0.05) is 12.1 Å². The van der Waals surface area contributed by atoms with Gasteiger partial charge in [-0.25, -0.2) is 0 Å². The lowest BCUT2D eigenvalue weighted by Gasteiger charge is -2.11. The van der Waals surface area contributed by atoms with Crippen LogP contribution < -0.4 is 24.8 Å². The number of carbonyl (C=O) groups is 2. The molecule has 0 saturated heterocycles. The number of amides is 2. The molecule has 1 aromatic heterocycles. The van der Waals surface area contributed by atoms with Crippen molar-refractivity contribution in [2.75, 3.05) is 32.0 Å². The first-order valence-corrected chi connectivity index (χ1v) is 10.0. The minimum atomic E-state index is -0.506. The fraction of sp³-hybridized carbons (Fsp3) is 0.120. The van der Waals surface area contributed by atoms with Crippen molar-refractivity contribution in [3.8, 4) is 17.2 Å². The summed E-state index contributed by atoms with van der Waals surface area (Å²) in [6.07, 6.45) is 0. The number of ether oxygens (including phenoxy) is 3. The number of nitrogens with one attached hydrogen (secondary N) is 2. The molecule has 33 heavy (non-hydrogen) atoms. The smallest absolute Gasteiger partial charge is 0.293 e. The highest BCUT2D eigenvalue weighted by Crippen LogP contribution is 2.33. The van der Waals surface area contributed by atoms with E-state index < -0.39 is 11.8 Å². The van der Waals surface area contributed by atoms with Crippen LogP contribution in [0, 0.1) is 0 Å². The number of hydrogen-bond donors (Lipinski definition) is 2. The van der Waals surface area contributed by atoms with Crippen LogP contribution in [0.2, 0.25) is 0 Å². The number of para-hydroxylation sites is 1. The SMILES string of the molecule is COc1ccc(NC(=O)c2oc3ccccc3c2NC(=O)c2ccc(OC)cc2OC)cc1. The van der Waals surface area contributed by atoms with Gasteiger partial charge in [-0.05, 0) is 48.5 Å². The largest absolute Gasteiger partial charge is 0.497 e. The van der Waals surface area contributed by atoms with Crippen molar-refractivity contribution in [1.29, 1.82) is 0 Å². The number of methoxy groups -OCH3 is 3. The van der Waals surface area contributed by atoms with Gasteiger partial charge in [0.2, 0.25) is 5.76 Å². The Hall–Kier alpha value is -4.46. The fourth-order valence-corrected chi connectivity index (χ4v) is 3.36. The molecule has 8 nitrogen and oxygen atoms in total. The molecule has 0 aliphatic heterocycles. The van der Waals surface area contributed by atoms with E-state index >= 15 is 0 Å². The fourth-order valence-electron chi connectivity index (χ4n) is 3.36. The van der Waals surface area contributed by atoms with E-state index in [1.165, 1.54) is 14.2 Å².